The van der Waals surface area contributed by atoms with E-state index in [1.165, 1.54) is 0 Å². The van der Waals surface area contributed by atoms with Crippen LogP contribution in [-0.4, -0.2) is 16.1 Å². The molecule has 3 aromatic rings. The summed E-state index contributed by atoms with van der Waals surface area (Å²) in [5, 5.41) is 10.2. The Morgan fingerprint density at radius 1 is 1.39 bits per heavy atom. The fraction of sp³-hybridized carbons (Fsp3) is 0. The van der Waals surface area contributed by atoms with E-state index in [1.54, 1.807) is 6.07 Å². The molecule has 1 aromatic carbocycles. The molecule has 0 saturated heterocycles. The number of thiazole rings is 1. The minimum Gasteiger partial charge on any atom is -0.476 e. The number of fused-ring (bicyclic) bond motifs is 1. The molecule has 0 unspecified atom stereocenters. The van der Waals surface area contributed by atoms with Gasteiger partial charge in [0.2, 0.25) is 0 Å². The molecule has 2 aromatic heterocycles. The number of nitrogen functional groups attached to an aromatic ring is 1. The first-order valence-electron chi connectivity index (χ1n) is 5.13. The summed E-state index contributed by atoms with van der Waals surface area (Å²) in [7, 11) is 0. The Morgan fingerprint density at radius 2 is 2.17 bits per heavy atom. The highest BCUT2D eigenvalue weighted by molar-refractivity contribution is 7.19. The number of hydrogen-bond donors (Lipinski definition) is 2. The molecule has 2 heterocycles. The average molecular weight is 260 g/mol. The first-order valence-corrected chi connectivity index (χ1v) is 5.95. The molecule has 0 spiro atoms. The van der Waals surface area contributed by atoms with Gasteiger partial charge in [0.05, 0.1) is 0 Å². The van der Waals surface area contributed by atoms with Crippen LogP contribution < -0.4 is 5.73 Å². The van der Waals surface area contributed by atoms with Gasteiger partial charge < -0.3 is 15.3 Å². The number of nitrogens with two attached hydrogens (primary N) is 1. The van der Waals surface area contributed by atoms with E-state index in [9.17, 15) is 4.79 Å². The number of nitrogens with zero attached hydrogens (tertiary/aromatic N) is 1. The molecule has 0 aliphatic rings. The smallest absolute Gasteiger partial charge is 0.356 e. The van der Waals surface area contributed by atoms with E-state index in [0.29, 0.717) is 16.2 Å². The Balaban J connectivity index is 2.22. The molecule has 3 N–H and O–H groups in total. The number of hydrogen-bond acceptors (Lipinski definition) is 5. The van der Waals surface area contributed by atoms with Crippen LogP contribution in [-0.2, 0) is 0 Å². The average Bonchev–Trinajstić information content (AvgIpc) is 2.91. The minimum absolute atomic E-state index is 0.0726. The number of furan rings is 1. The molecular formula is C12H8N2O3S. The van der Waals surface area contributed by atoms with Crippen LogP contribution in [0.5, 0.6) is 0 Å². The third kappa shape index (κ3) is 1.63. The van der Waals surface area contributed by atoms with E-state index in [-0.39, 0.29) is 10.8 Å². The first-order chi connectivity index (χ1) is 8.65. The number of carboxylic acids is 1. The van der Waals surface area contributed by atoms with Crippen LogP contribution >= 0.6 is 11.3 Å². The number of anilines is 1. The van der Waals surface area contributed by atoms with Crippen LogP contribution in [0.1, 0.15) is 10.5 Å². The summed E-state index contributed by atoms with van der Waals surface area (Å²) < 4.78 is 5.61. The molecule has 0 saturated carbocycles. The van der Waals surface area contributed by atoms with Crippen LogP contribution in [0.4, 0.5) is 5.13 Å². The van der Waals surface area contributed by atoms with Gasteiger partial charge in [-0.15, -0.1) is 0 Å². The SMILES string of the molecule is Nc1nc(C(=O)O)c(-c2cc3ccccc3o2)s1. The Morgan fingerprint density at radius 3 is 2.89 bits per heavy atom. The number of carboxylic acid groups (broad SMARTS) is 1. The third-order valence-electron chi connectivity index (χ3n) is 2.50. The van der Waals surface area contributed by atoms with E-state index in [4.69, 9.17) is 15.3 Å². The number of benzene rings is 1. The van der Waals surface area contributed by atoms with Crippen molar-refractivity contribution in [3.8, 4) is 10.6 Å². The van der Waals surface area contributed by atoms with E-state index in [2.05, 4.69) is 4.98 Å². The Bertz CT molecular complexity index is 712. The summed E-state index contributed by atoms with van der Waals surface area (Å²) in [5.74, 6) is -0.638. The van der Waals surface area contributed by atoms with E-state index in [1.807, 2.05) is 24.3 Å². The topological polar surface area (TPSA) is 89.3 Å². The van der Waals surface area contributed by atoms with Gasteiger partial charge in [0, 0.05) is 5.39 Å². The maximum atomic E-state index is 11.1. The fourth-order valence-corrected chi connectivity index (χ4v) is 2.52. The molecule has 3 rings (SSSR count). The molecule has 0 aliphatic carbocycles. The summed E-state index contributed by atoms with van der Waals surface area (Å²) in [6.07, 6.45) is 0. The van der Waals surface area contributed by atoms with Crippen LogP contribution in [0.15, 0.2) is 34.7 Å². The van der Waals surface area contributed by atoms with Crippen molar-refractivity contribution in [2.24, 2.45) is 0 Å². The lowest BCUT2D eigenvalue weighted by atomic mass is 10.2. The summed E-state index contributed by atoms with van der Waals surface area (Å²) in [5.41, 5.74) is 6.18. The van der Waals surface area contributed by atoms with E-state index < -0.39 is 5.97 Å². The maximum absolute atomic E-state index is 11.1. The van der Waals surface area contributed by atoms with Crippen LogP contribution in [0, 0.1) is 0 Å². The van der Waals surface area contributed by atoms with Crippen LogP contribution in [0.25, 0.3) is 21.6 Å². The largest absolute Gasteiger partial charge is 0.476 e. The summed E-state index contributed by atoms with van der Waals surface area (Å²) in [4.78, 5) is 15.3. The molecule has 18 heavy (non-hydrogen) atoms. The number of aromatic carboxylic acids is 1. The zero-order valence-corrected chi connectivity index (χ0v) is 9.90. The van der Waals surface area contributed by atoms with Gasteiger partial charge in [0.25, 0.3) is 0 Å². The second kappa shape index (κ2) is 3.85. The van der Waals surface area contributed by atoms with Crippen LogP contribution in [0.2, 0.25) is 0 Å². The van der Waals surface area contributed by atoms with Crippen molar-refractivity contribution in [2.45, 2.75) is 0 Å². The van der Waals surface area contributed by atoms with Gasteiger partial charge in [-0.25, -0.2) is 9.78 Å². The Kier molecular flexibility index (Phi) is 2.31. The van der Waals surface area contributed by atoms with E-state index in [0.717, 1.165) is 16.7 Å². The summed E-state index contributed by atoms with van der Waals surface area (Å²) in [6.45, 7) is 0. The van der Waals surface area contributed by atoms with Gasteiger partial charge in [-0.3, -0.25) is 0 Å². The lowest BCUT2D eigenvalue weighted by Gasteiger charge is -1.92. The molecule has 0 bridgehead atoms. The van der Waals surface area contributed by atoms with Gasteiger partial charge in [-0.1, -0.05) is 29.5 Å². The quantitative estimate of drug-likeness (QED) is 0.739. The van der Waals surface area contributed by atoms with Gasteiger partial charge in [0.15, 0.2) is 10.8 Å². The number of para-hydroxylation sites is 1. The van der Waals surface area contributed by atoms with Gasteiger partial charge in [-0.05, 0) is 12.1 Å². The highest BCUT2D eigenvalue weighted by Gasteiger charge is 2.20. The molecule has 0 amide bonds. The van der Waals surface area contributed by atoms with Crippen molar-refractivity contribution < 1.29 is 14.3 Å². The second-order valence-corrected chi connectivity index (χ2v) is 4.71. The zero-order valence-electron chi connectivity index (χ0n) is 9.08. The molecule has 6 heteroatoms. The van der Waals surface area contributed by atoms with Crippen molar-refractivity contribution in [2.75, 3.05) is 5.73 Å². The molecule has 0 aliphatic heterocycles. The Hall–Kier alpha value is -2.34. The third-order valence-corrected chi connectivity index (χ3v) is 3.39. The minimum atomic E-state index is -1.11. The maximum Gasteiger partial charge on any atom is 0.356 e. The molecule has 0 fully saturated rings. The predicted octanol–water partition coefficient (Wildman–Crippen LogP) is 2.84. The van der Waals surface area contributed by atoms with Gasteiger partial charge >= 0.3 is 5.97 Å². The van der Waals surface area contributed by atoms with Gasteiger partial charge in [0.1, 0.15) is 16.2 Å². The lowest BCUT2D eigenvalue weighted by molar-refractivity contribution is 0.0692. The van der Waals surface area contributed by atoms with Crippen LogP contribution in [0.3, 0.4) is 0 Å². The molecule has 0 atom stereocenters. The molecule has 0 radical (unpaired) electrons. The zero-order chi connectivity index (χ0) is 12.7. The number of carbonyl (C=O) groups is 1. The molecular weight excluding hydrogens is 252 g/mol. The van der Waals surface area contributed by atoms with Crippen molar-refractivity contribution in [1.82, 2.24) is 4.98 Å². The standard InChI is InChI=1S/C12H8N2O3S/c13-12-14-9(11(15)16)10(18-12)8-5-6-3-1-2-4-7(6)17-8/h1-5H,(H2,13,14)(H,15,16). The molecule has 5 nitrogen and oxygen atoms in total. The monoisotopic (exact) mass is 260 g/mol. The Labute approximate surface area is 105 Å². The second-order valence-electron chi connectivity index (χ2n) is 3.68. The van der Waals surface area contributed by atoms with Crippen molar-refractivity contribution in [1.29, 1.82) is 0 Å². The number of rotatable bonds is 2. The normalized spacial score (nSPS) is 10.9. The number of aromatic nitrogens is 1. The highest BCUT2D eigenvalue weighted by Crippen LogP contribution is 2.35. The lowest BCUT2D eigenvalue weighted by Crippen LogP contribution is -1.98. The predicted molar refractivity (Wildman–Crippen MR) is 68.7 cm³/mol. The summed E-state index contributed by atoms with van der Waals surface area (Å²) >= 11 is 1.10. The van der Waals surface area contributed by atoms with Gasteiger partial charge in [-0.2, -0.15) is 0 Å². The molecule has 90 valence electrons. The van der Waals surface area contributed by atoms with Crippen molar-refractivity contribution in [3.05, 3.63) is 36.0 Å². The fourth-order valence-electron chi connectivity index (χ4n) is 1.74. The van der Waals surface area contributed by atoms with Crippen molar-refractivity contribution >= 4 is 33.4 Å². The first kappa shape index (κ1) is 10.8. The highest BCUT2D eigenvalue weighted by atomic mass is 32.1. The van der Waals surface area contributed by atoms with E-state index >= 15 is 0 Å². The van der Waals surface area contributed by atoms with Crippen molar-refractivity contribution in [3.63, 3.8) is 0 Å². The summed E-state index contributed by atoms with van der Waals surface area (Å²) in [6, 6.07) is 9.25.